The molecule has 4 aliphatic rings. The van der Waals surface area contributed by atoms with E-state index in [1.54, 1.807) is 38.7 Å². The summed E-state index contributed by atoms with van der Waals surface area (Å²) in [6.07, 6.45) is 4.60. The maximum Gasteiger partial charge on any atom is 0.411 e. The number of aromatic hydroxyl groups is 1. The second-order valence-electron chi connectivity index (χ2n) is 19.4. The number of nitrogens with two attached hydrogens (primary N) is 1. The molecular weight excluding hydrogens is 843 g/mol. The molecule has 65 heavy (non-hydrogen) atoms. The van der Waals surface area contributed by atoms with Crippen molar-refractivity contribution < 1.29 is 43.1 Å². The number of methoxy groups -OCH3 is 1. The van der Waals surface area contributed by atoms with E-state index in [9.17, 15) is 19.5 Å². The number of hydrazine groups is 1. The van der Waals surface area contributed by atoms with Crippen molar-refractivity contribution in [3.63, 3.8) is 0 Å². The van der Waals surface area contributed by atoms with Crippen LogP contribution in [0.2, 0.25) is 5.04 Å². The van der Waals surface area contributed by atoms with Crippen molar-refractivity contribution in [2.24, 2.45) is 17.1 Å². The topological polar surface area (TPSA) is 182 Å². The highest BCUT2D eigenvalue weighted by atomic mass is 28.1. The van der Waals surface area contributed by atoms with E-state index in [1.807, 2.05) is 39.0 Å². The van der Waals surface area contributed by atoms with Gasteiger partial charge in [-0.1, -0.05) is 39.8 Å². The number of cyclic esters (lactones) is 1. The maximum absolute atomic E-state index is 15.0. The molecule has 2 aromatic carbocycles. The Morgan fingerprint density at radius 3 is 2.57 bits per heavy atom. The lowest BCUT2D eigenvalue weighted by Crippen LogP contribution is -2.61. The van der Waals surface area contributed by atoms with Crippen molar-refractivity contribution in [1.82, 2.24) is 24.9 Å². The summed E-state index contributed by atoms with van der Waals surface area (Å²) in [6, 6.07) is 13.1. The summed E-state index contributed by atoms with van der Waals surface area (Å²) < 4.78 is 21.2. The summed E-state index contributed by atoms with van der Waals surface area (Å²) in [7, 11) is 6.85. The number of rotatable bonds is 8. The first-order chi connectivity index (χ1) is 30.8. The number of hydrogen-bond donors (Lipinski definition) is 3. The summed E-state index contributed by atoms with van der Waals surface area (Å²) >= 11 is 0. The molecule has 16 heteroatoms. The van der Waals surface area contributed by atoms with Crippen molar-refractivity contribution in [2.45, 2.75) is 109 Å². The zero-order valence-corrected chi connectivity index (χ0v) is 39.6. The normalized spacial score (nSPS) is 25.3. The number of carbonyl (C=O) groups excluding carboxylic acids is 4. The first-order valence-corrected chi connectivity index (χ1v) is 23.1. The fraction of sp³-hybridized carbons (Fsp3) is 0.510. The Bertz CT molecular complexity index is 2590. The fourth-order valence-electron chi connectivity index (χ4n) is 10.1. The van der Waals surface area contributed by atoms with Gasteiger partial charge in [0.15, 0.2) is 6.04 Å². The molecule has 6 heterocycles. The van der Waals surface area contributed by atoms with Gasteiger partial charge in [0.25, 0.3) is 0 Å². The van der Waals surface area contributed by atoms with E-state index in [4.69, 9.17) is 24.9 Å². The van der Waals surface area contributed by atoms with Crippen LogP contribution in [0.1, 0.15) is 77.3 Å². The molecule has 8 rings (SSSR count). The number of pyridine rings is 1. The number of fused-ring (bicyclic) bond motifs is 6. The summed E-state index contributed by atoms with van der Waals surface area (Å²) in [5.74, 6) is -2.12. The molecule has 2 saturated heterocycles. The monoisotopic (exact) mass is 903 g/mol. The number of phenols is 1. The van der Waals surface area contributed by atoms with E-state index in [0.29, 0.717) is 31.4 Å². The number of ether oxygens (including phenoxy) is 3. The molecule has 2 fully saturated rings. The summed E-state index contributed by atoms with van der Waals surface area (Å²) in [5.41, 5.74) is 14.4. The number of nitrogens with zero attached hydrogens (tertiary/aromatic N) is 5. The van der Waals surface area contributed by atoms with Crippen molar-refractivity contribution in [2.75, 3.05) is 40.5 Å². The Balaban J connectivity index is 1.25. The molecule has 2 aromatic heterocycles. The molecule has 0 aliphatic carbocycles. The number of benzene rings is 2. The van der Waals surface area contributed by atoms with Crippen molar-refractivity contribution >= 4 is 51.1 Å². The first-order valence-electron chi connectivity index (χ1n) is 22.6. The SMILES string of the molecule is CCn1c(-c2cccnc2[C@H](C)OC)c2c3cc(ccc31)-c1cc(O)cc(c1)CC1(C=[N+]1C(=O)[C@H](C(C)C)N(C)C(=O)[C@@]1([Si])COC[C@@H]1N)C(=O)N1CCC[C@H](N1)C(=O)OCC(C)(C)C2. The van der Waals surface area contributed by atoms with Crippen LogP contribution in [-0.4, -0.2) is 133 Å². The lowest BCUT2D eigenvalue weighted by molar-refractivity contribution is -0.423. The van der Waals surface area contributed by atoms with Crippen molar-refractivity contribution in [3.8, 4) is 28.1 Å². The maximum atomic E-state index is 15.0. The Hall–Kier alpha value is -5.26. The number of esters is 1. The number of aromatic nitrogens is 2. The number of carbonyl (C=O) groups is 4. The van der Waals surface area contributed by atoms with Crippen LogP contribution < -0.4 is 11.2 Å². The van der Waals surface area contributed by atoms with Gasteiger partial charge in [-0.25, -0.2) is 10.2 Å². The minimum absolute atomic E-state index is 0.00307. The minimum atomic E-state index is -1.52. The minimum Gasteiger partial charge on any atom is -0.508 e. The van der Waals surface area contributed by atoms with Crippen LogP contribution in [-0.2, 0) is 52.8 Å². The van der Waals surface area contributed by atoms with Gasteiger partial charge in [-0.15, -0.1) is 4.58 Å². The number of phenolic OH excluding ortho intramolecular Hbond substituents is 1. The van der Waals surface area contributed by atoms with Gasteiger partial charge in [0, 0.05) is 61.4 Å². The quantitative estimate of drug-likeness (QED) is 0.129. The van der Waals surface area contributed by atoms with E-state index in [1.165, 1.54) is 14.5 Å². The van der Waals surface area contributed by atoms with E-state index in [0.717, 1.165) is 44.5 Å². The third-order valence-electron chi connectivity index (χ3n) is 13.7. The van der Waals surface area contributed by atoms with Crippen LogP contribution in [0, 0.1) is 11.3 Å². The molecule has 4 aliphatic heterocycles. The van der Waals surface area contributed by atoms with Gasteiger partial charge in [0.1, 0.15) is 11.8 Å². The van der Waals surface area contributed by atoms with E-state index < -0.39 is 57.8 Å². The average molecular weight is 904 g/mol. The molecule has 15 nitrogen and oxygen atoms in total. The Labute approximate surface area is 383 Å². The molecule has 3 radical (unpaired) electrons. The molecular formula is C49H61N7O8Si+. The largest absolute Gasteiger partial charge is 0.508 e. The summed E-state index contributed by atoms with van der Waals surface area (Å²) in [5, 5.41) is 12.6. The van der Waals surface area contributed by atoms with E-state index >= 15 is 4.79 Å². The molecule has 4 N–H and O–H groups in total. The Morgan fingerprint density at radius 1 is 1.11 bits per heavy atom. The molecule has 0 saturated carbocycles. The van der Waals surface area contributed by atoms with Gasteiger partial charge >= 0.3 is 23.3 Å². The molecule has 6 atom stereocenters. The smallest absolute Gasteiger partial charge is 0.411 e. The van der Waals surface area contributed by atoms with Crippen LogP contribution in [0.15, 0.2) is 54.7 Å². The van der Waals surface area contributed by atoms with Gasteiger partial charge in [-0.2, -0.15) is 0 Å². The van der Waals surface area contributed by atoms with Gasteiger partial charge in [0.05, 0.1) is 59.0 Å². The van der Waals surface area contributed by atoms with Crippen LogP contribution in [0.3, 0.4) is 0 Å². The lowest BCUT2D eigenvalue weighted by Gasteiger charge is -2.35. The van der Waals surface area contributed by atoms with Gasteiger partial charge < -0.3 is 34.5 Å². The van der Waals surface area contributed by atoms with Crippen LogP contribution in [0.5, 0.6) is 5.75 Å². The third-order valence-corrected chi connectivity index (χ3v) is 14.4. The number of aryl methyl sites for hydroxylation is 1. The molecule has 4 aromatic rings. The van der Waals surface area contributed by atoms with Crippen molar-refractivity contribution in [1.29, 1.82) is 0 Å². The van der Waals surface area contributed by atoms with E-state index in [2.05, 4.69) is 59.2 Å². The van der Waals surface area contributed by atoms with Crippen LogP contribution >= 0.6 is 0 Å². The molecule has 1 spiro atoms. The number of hydrogen-bond acceptors (Lipinski definition) is 11. The first kappa shape index (κ1) is 46.3. The highest BCUT2D eigenvalue weighted by Gasteiger charge is 2.69. The Kier molecular flexibility index (Phi) is 12.5. The highest BCUT2D eigenvalue weighted by Crippen LogP contribution is 2.43. The molecule has 6 bridgehead atoms. The average Bonchev–Trinajstić information content (AvgIpc) is 3.80. The van der Waals surface area contributed by atoms with E-state index in [-0.39, 0.29) is 50.6 Å². The third kappa shape index (κ3) is 8.32. The van der Waals surface area contributed by atoms with Gasteiger partial charge in [-0.05, 0) is 97.7 Å². The van der Waals surface area contributed by atoms with Gasteiger partial charge in [-0.3, -0.25) is 24.4 Å². The van der Waals surface area contributed by atoms with Crippen LogP contribution in [0.4, 0.5) is 0 Å². The zero-order chi connectivity index (χ0) is 46.7. The summed E-state index contributed by atoms with van der Waals surface area (Å²) in [6.45, 7) is 13.2. The predicted octanol–water partition coefficient (Wildman–Crippen LogP) is 4.50. The number of likely N-dealkylation sites (N-methyl/N-ethyl adjacent to an activating group) is 1. The predicted molar refractivity (Wildman–Crippen MR) is 246 cm³/mol. The fourth-order valence-corrected chi connectivity index (χ4v) is 10.4. The number of nitrogens with one attached hydrogen (secondary N) is 1. The molecule has 1 unspecified atom stereocenters. The second-order valence-corrected chi connectivity index (χ2v) is 20.3. The van der Waals surface area contributed by atoms with Gasteiger partial charge in [0.2, 0.25) is 12.1 Å². The Morgan fingerprint density at radius 2 is 1.88 bits per heavy atom. The second kappa shape index (κ2) is 17.5. The van der Waals surface area contributed by atoms with Crippen molar-refractivity contribution in [3.05, 3.63) is 71.5 Å². The standard InChI is InChI=1S/C49H60N7O8Si/c1-9-54-38-15-14-31-21-35(38)36(42(54)34-12-10-16-51-40(34)29(4)62-8)23-47(5,6)26-64-44(59)37-13-11-17-56(52-37)45(60)48(22-30-18-32(31)20-33(57)19-30)25-55(48)43(58)41(28(2)3)53(7)46(61)49(65)27-63-24-39(49)50/h10,12,14-16,18-21,25,28-29,37,39,41,52H,9,11,13,17,22-24,26-27,50H2,1-8H3/p+1/t29-,37-,39-,41-,48?,49+/m0/s1. The molecule has 343 valence electrons. The lowest BCUT2D eigenvalue weighted by atomic mass is 9.84. The zero-order valence-electron chi connectivity index (χ0n) is 38.6. The highest BCUT2D eigenvalue weighted by molar-refractivity contribution is 6.29. The number of amides is 3. The molecule has 3 amide bonds. The van der Waals surface area contributed by atoms with Crippen LogP contribution in [0.25, 0.3) is 33.3 Å². The summed E-state index contributed by atoms with van der Waals surface area (Å²) in [4.78, 5) is 64.1.